The standard InChI is InChI=1S/C24H26N4O4/c1-15(2)32-18-10-8-17(9-11-18)13-25-23(29)14-27-24(30)21-12-19-20(28(21)16(3)26-27)6-5-7-22(19)31-4/h5-12,15H,13-14H2,1-4H3,(H,25,29). The summed E-state index contributed by atoms with van der Waals surface area (Å²) < 4.78 is 14.0. The minimum atomic E-state index is -0.334. The van der Waals surface area contributed by atoms with Crippen LogP contribution in [-0.4, -0.2) is 33.3 Å². The molecular weight excluding hydrogens is 408 g/mol. The van der Waals surface area contributed by atoms with E-state index in [1.807, 2.05) is 56.3 Å². The minimum absolute atomic E-state index is 0.103. The highest BCUT2D eigenvalue weighted by atomic mass is 16.5. The van der Waals surface area contributed by atoms with Gasteiger partial charge in [0.2, 0.25) is 5.91 Å². The normalized spacial score (nSPS) is 11.3. The molecule has 0 aliphatic carbocycles. The van der Waals surface area contributed by atoms with Crippen LogP contribution in [0.1, 0.15) is 25.2 Å². The number of hydrogen-bond donors (Lipinski definition) is 1. The van der Waals surface area contributed by atoms with E-state index in [4.69, 9.17) is 9.47 Å². The Labute approximate surface area is 185 Å². The molecule has 166 valence electrons. The van der Waals surface area contributed by atoms with Gasteiger partial charge in [-0.3, -0.25) is 14.0 Å². The van der Waals surface area contributed by atoms with Crippen molar-refractivity contribution in [3.8, 4) is 11.5 Å². The fraction of sp³-hybridized carbons (Fsp3) is 0.292. The number of benzene rings is 2. The molecule has 4 aromatic rings. The average molecular weight is 434 g/mol. The van der Waals surface area contributed by atoms with Gasteiger partial charge in [-0.1, -0.05) is 18.2 Å². The third-order valence-electron chi connectivity index (χ3n) is 5.15. The molecule has 2 aromatic carbocycles. The zero-order valence-electron chi connectivity index (χ0n) is 18.6. The smallest absolute Gasteiger partial charge is 0.291 e. The van der Waals surface area contributed by atoms with Crippen molar-refractivity contribution in [3.05, 3.63) is 70.3 Å². The van der Waals surface area contributed by atoms with E-state index in [0.717, 1.165) is 22.2 Å². The molecule has 2 aromatic heterocycles. The summed E-state index contributed by atoms with van der Waals surface area (Å²) in [6.45, 7) is 5.93. The molecule has 0 aliphatic heterocycles. The zero-order valence-corrected chi connectivity index (χ0v) is 18.6. The largest absolute Gasteiger partial charge is 0.496 e. The van der Waals surface area contributed by atoms with E-state index < -0.39 is 0 Å². The number of methoxy groups -OCH3 is 1. The highest BCUT2D eigenvalue weighted by Gasteiger charge is 2.16. The number of amides is 1. The molecule has 0 bridgehead atoms. The summed E-state index contributed by atoms with van der Waals surface area (Å²) in [7, 11) is 1.59. The summed E-state index contributed by atoms with van der Waals surface area (Å²) in [4.78, 5) is 25.5. The van der Waals surface area contributed by atoms with E-state index in [-0.39, 0.29) is 24.1 Å². The second-order valence-corrected chi connectivity index (χ2v) is 7.86. The summed E-state index contributed by atoms with van der Waals surface area (Å²) in [6.07, 6.45) is 0.103. The van der Waals surface area contributed by atoms with Crippen LogP contribution < -0.4 is 20.3 Å². The van der Waals surface area contributed by atoms with Crippen LogP contribution in [-0.2, 0) is 17.9 Å². The SMILES string of the molecule is COc1cccc2c1cc1c(=O)n(CC(=O)NCc3ccc(OC(C)C)cc3)nc(C)n12. The first-order valence-corrected chi connectivity index (χ1v) is 10.5. The molecule has 0 saturated heterocycles. The Morgan fingerprint density at radius 3 is 2.56 bits per heavy atom. The van der Waals surface area contributed by atoms with Crippen LogP contribution in [0.2, 0.25) is 0 Å². The number of aryl methyl sites for hydroxylation is 1. The molecule has 0 saturated carbocycles. The van der Waals surface area contributed by atoms with Crippen LogP contribution in [0.4, 0.5) is 0 Å². The maximum absolute atomic E-state index is 13.0. The number of nitrogens with one attached hydrogen (secondary N) is 1. The number of carbonyl (C=O) groups is 1. The highest BCUT2D eigenvalue weighted by Crippen LogP contribution is 2.28. The highest BCUT2D eigenvalue weighted by molar-refractivity contribution is 5.92. The third-order valence-corrected chi connectivity index (χ3v) is 5.15. The maximum Gasteiger partial charge on any atom is 0.291 e. The lowest BCUT2D eigenvalue weighted by Gasteiger charge is -2.11. The molecular formula is C24H26N4O4. The van der Waals surface area contributed by atoms with Gasteiger partial charge in [0.15, 0.2) is 0 Å². The number of ether oxygens (including phenoxy) is 2. The summed E-state index contributed by atoms with van der Waals surface area (Å²) in [5, 5.41) is 8.03. The van der Waals surface area contributed by atoms with Gasteiger partial charge >= 0.3 is 0 Å². The van der Waals surface area contributed by atoms with Gasteiger partial charge in [0.25, 0.3) is 5.56 Å². The average Bonchev–Trinajstić information content (AvgIpc) is 3.17. The Bertz CT molecular complexity index is 1340. The number of nitrogens with zero attached hydrogens (tertiary/aromatic N) is 3. The van der Waals surface area contributed by atoms with Crippen LogP contribution in [0, 0.1) is 6.92 Å². The van der Waals surface area contributed by atoms with E-state index >= 15 is 0 Å². The number of fused-ring (bicyclic) bond motifs is 3. The van der Waals surface area contributed by atoms with E-state index in [0.29, 0.717) is 23.6 Å². The fourth-order valence-electron chi connectivity index (χ4n) is 3.74. The van der Waals surface area contributed by atoms with E-state index in [1.165, 1.54) is 4.68 Å². The van der Waals surface area contributed by atoms with Crippen LogP contribution in [0.15, 0.2) is 53.3 Å². The van der Waals surface area contributed by atoms with E-state index in [1.54, 1.807) is 24.5 Å². The van der Waals surface area contributed by atoms with Gasteiger partial charge < -0.3 is 14.8 Å². The molecule has 8 heteroatoms. The van der Waals surface area contributed by atoms with Crippen LogP contribution in [0.5, 0.6) is 11.5 Å². The van der Waals surface area contributed by atoms with Gasteiger partial charge in [0.05, 0.1) is 18.7 Å². The molecule has 0 fully saturated rings. The van der Waals surface area contributed by atoms with Crippen molar-refractivity contribution in [2.24, 2.45) is 0 Å². The first-order chi connectivity index (χ1) is 15.4. The molecule has 0 aliphatic rings. The summed E-state index contributed by atoms with van der Waals surface area (Å²) in [5.41, 5.74) is 1.89. The van der Waals surface area contributed by atoms with Crippen molar-refractivity contribution in [2.45, 2.75) is 40.0 Å². The second kappa shape index (κ2) is 8.74. The molecule has 1 N–H and O–H groups in total. The van der Waals surface area contributed by atoms with Gasteiger partial charge in [0, 0.05) is 11.9 Å². The van der Waals surface area contributed by atoms with Crippen molar-refractivity contribution >= 4 is 22.3 Å². The van der Waals surface area contributed by atoms with Crippen molar-refractivity contribution in [1.29, 1.82) is 0 Å². The van der Waals surface area contributed by atoms with Crippen LogP contribution in [0.3, 0.4) is 0 Å². The molecule has 1 amide bonds. The van der Waals surface area contributed by atoms with E-state index in [9.17, 15) is 9.59 Å². The maximum atomic E-state index is 13.0. The number of rotatable bonds is 7. The third kappa shape index (κ3) is 4.16. The Hall–Kier alpha value is -3.81. The molecule has 0 unspecified atom stereocenters. The lowest BCUT2D eigenvalue weighted by Crippen LogP contribution is -2.34. The molecule has 4 rings (SSSR count). The van der Waals surface area contributed by atoms with Crippen molar-refractivity contribution in [2.75, 3.05) is 7.11 Å². The quantitative estimate of drug-likeness (QED) is 0.483. The predicted octanol–water partition coefficient (Wildman–Crippen LogP) is 3.07. The van der Waals surface area contributed by atoms with Crippen molar-refractivity contribution < 1.29 is 14.3 Å². The van der Waals surface area contributed by atoms with Gasteiger partial charge in [-0.2, -0.15) is 5.10 Å². The van der Waals surface area contributed by atoms with Crippen LogP contribution >= 0.6 is 0 Å². The second-order valence-electron chi connectivity index (χ2n) is 7.86. The Kier molecular flexibility index (Phi) is 5.85. The van der Waals surface area contributed by atoms with Gasteiger partial charge in [-0.15, -0.1) is 0 Å². The number of carbonyl (C=O) groups excluding carboxylic acids is 1. The first kappa shape index (κ1) is 21.4. The number of hydrogen-bond acceptors (Lipinski definition) is 5. The summed E-state index contributed by atoms with van der Waals surface area (Å²) >= 11 is 0. The molecule has 0 radical (unpaired) electrons. The molecule has 8 nitrogen and oxygen atoms in total. The van der Waals surface area contributed by atoms with Gasteiger partial charge in [-0.25, -0.2) is 4.68 Å². The molecule has 0 spiro atoms. The zero-order chi connectivity index (χ0) is 22.8. The Balaban J connectivity index is 1.52. The number of aromatic nitrogens is 3. The fourth-order valence-corrected chi connectivity index (χ4v) is 3.74. The van der Waals surface area contributed by atoms with E-state index in [2.05, 4.69) is 10.4 Å². The molecule has 0 atom stereocenters. The molecule has 32 heavy (non-hydrogen) atoms. The van der Waals surface area contributed by atoms with Crippen molar-refractivity contribution in [1.82, 2.24) is 19.5 Å². The van der Waals surface area contributed by atoms with Crippen molar-refractivity contribution in [3.63, 3.8) is 0 Å². The Morgan fingerprint density at radius 1 is 1.12 bits per heavy atom. The lowest BCUT2D eigenvalue weighted by atomic mass is 10.2. The Morgan fingerprint density at radius 2 is 1.88 bits per heavy atom. The lowest BCUT2D eigenvalue weighted by molar-refractivity contribution is -0.122. The monoisotopic (exact) mass is 434 g/mol. The van der Waals surface area contributed by atoms with Crippen LogP contribution in [0.25, 0.3) is 16.4 Å². The minimum Gasteiger partial charge on any atom is -0.496 e. The molecule has 2 heterocycles. The summed E-state index contributed by atoms with van der Waals surface area (Å²) in [6, 6.07) is 14.9. The summed E-state index contributed by atoms with van der Waals surface area (Å²) in [5.74, 6) is 1.78. The first-order valence-electron chi connectivity index (χ1n) is 10.5. The predicted molar refractivity (Wildman–Crippen MR) is 122 cm³/mol. The van der Waals surface area contributed by atoms with Gasteiger partial charge in [-0.05, 0) is 56.7 Å². The van der Waals surface area contributed by atoms with Gasteiger partial charge in [0.1, 0.15) is 29.4 Å². The topological polar surface area (TPSA) is 86.9 Å².